The van der Waals surface area contributed by atoms with Gasteiger partial charge in [0.05, 0.1) is 22.8 Å². The third-order valence-corrected chi connectivity index (χ3v) is 6.56. The first-order chi connectivity index (χ1) is 17.2. The molecule has 0 aliphatic carbocycles. The minimum Gasteiger partial charge on any atom is -0.492 e. The van der Waals surface area contributed by atoms with Gasteiger partial charge in [-0.1, -0.05) is 29.8 Å². The number of pyridine rings is 1. The van der Waals surface area contributed by atoms with Crippen molar-refractivity contribution in [3.05, 3.63) is 59.8 Å². The summed E-state index contributed by atoms with van der Waals surface area (Å²) < 4.78 is 18.8. The first-order valence-electron chi connectivity index (χ1n) is 12.1. The molecule has 0 radical (unpaired) electrons. The maximum absolute atomic E-state index is 13.4. The van der Waals surface area contributed by atoms with Crippen molar-refractivity contribution in [1.29, 1.82) is 0 Å². The van der Waals surface area contributed by atoms with Gasteiger partial charge < -0.3 is 19.5 Å². The van der Waals surface area contributed by atoms with E-state index in [9.17, 15) is 4.79 Å². The van der Waals surface area contributed by atoms with Gasteiger partial charge >= 0.3 is 6.09 Å². The fourth-order valence-electron chi connectivity index (χ4n) is 4.54. The quantitative estimate of drug-likeness (QED) is 0.331. The Bertz CT molecular complexity index is 1430. The number of fused-ring (bicyclic) bond motifs is 2. The number of hydrogen-bond acceptors (Lipinski definition) is 6. The van der Waals surface area contributed by atoms with Gasteiger partial charge in [-0.05, 0) is 63.6 Å². The van der Waals surface area contributed by atoms with Crippen LogP contribution in [0.5, 0.6) is 5.75 Å². The Hall–Kier alpha value is -3.13. The van der Waals surface area contributed by atoms with E-state index in [1.54, 1.807) is 11.7 Å². The summed E-state index contributed by atoms with van der Waals surface area (Å²) in [5, 5.41) is 5.51. The summed E-state index contributed by atoms with van der Waals surface area (Å²) in [7, 11) is 1.73. The lowest BCUT2D eigenvalue weighted by atomic mass is 10.1. The molecule has 5 rings (SSSR count). The van der Waals surface area contributed by atoms with E-state index in [1.807, 2.05) is 75.4 Å². The molecule has 1 N–H and O–H groups in total. The smallest absolute Gasteiger partial charge is 0.419 e. The molecule has 2 atom stereocenters. The number of benzene rings is 2. The molecule has 4 aromatic rings. The van der Waals surface area contributed by atoms with Crippen molar-refractivity contribution >= 4 is 39.5 Å². The summed E-state index contributed by atoms with van der Waals surface area (Å²) in [5.41, 5.74) is 2.10. The van der Waals surface area contributed by atoms with E-state index in [0.29, 0.717) is 28.5 Å². The normalized spacial score (nSPS) is 18.1. The summed E-state index contributed by atoms with van der Waals surface area (Å²) in [6, 6.07) is 17.5. The van der Waals surface area contributed by atoms with E-state index >= 15 is 0 Å². The van der Waals surface area contributed by atoms with Crippen LogP contribution in [0.2, 0.25) is 5.15 Å². The number of aromatic nitrogens is 2. The maximum atomic E-state index is 13.4. The zero-order valence-corrected chi connectivity index (χ0v) is 21.6. The summed E-state index contributed by atoms with van der Waals surface area (Å²) in [6.45, 7) is 6.89. The van der Waals surface area contributed by atoms with Gasteiger partial charge in [0.1, 0.15) is 23.1 Å². The summed E-state index contributed by atoms with van der Waals surface area (Å²) >= 11 is 6.63. The van der Waals surface area contributed by atoms with Crippen LogP contribution in [0, 0.1) is 0 Å². The average Bonchev–Trinajstić information content (AvgIpc) is 3.45. The van der Waals surface area contributed by atoms with E-state index in [0.717, 1.165) is 35.0 Å². The highest BCUT2D eigenvalue weighted by atomic mass is 35.5. The SMILES string of the molecule is CO[C@H]1CN[C@H](COc2ccc3c(c2)cc(-c2cc4ccccc4nc2Cl)n3C(=O)OC(C)(C)C)C1. The van der Waals surface area contributed by atoms with Gasteiger partial charge in [0.25, 0.3) is 0 Å². The lowest BCUT2D eigenvalue weighted by Gasteiger charge is -2.21. The molecule has 0 bridgehead atoms. The van der Waals surface area contributed by atoms with E-state index in [1.165, 1.54) is 0 Å². The van der Waals surface area contributed by atoms with Gasteiger partial charge in [0.2, 0.25) is 0 Å². The maximum Gasteiger partial charge on any atom is 0.419 e. The van der Waals surface area contributed by atoms with Crippen molar-refractivity contribution in [3.63, 3.8) is 0 Å². The second-order valence-corrected chi connectivity index (χ2v) is 10.5. The fraction of sp³-hybridized carbons (Fsp3) is 0.357. The van der Waals surface area contributed by atoms with Crippen molar-refractivity contribution in [2.75, 3.05) is 20.3 Å². The molecule has 36 heavy (non-hydrogen) atoms. The molecule has 0 saturated carbocycles. The minimum absolute atomic E-state index is 0.215. The highest BCUT2D eigenvalue weighted by molar-refractivity contribution is 6.32. The Labute approximate surface area is 215 Å². The zero-order valence-electron chi connectivity index (χ0n) is 20.9. The number of hydrogen-bond donors (Lipinski definition) is 1. The van der Waals surface area contributed by atoms with Crippen LogP contribution < -0.4 is 10.1 Å². The number of ether oxygens (including phenoxy) is 3. The van der Waals surface area contributed by atoms with Crippen LogP contribution in [0.3, 0.4) is 0 Å². The minimum atomic E-state index is -0.659. The average molecular weight is 508 g/mol. The number of methoxy groups -OCH3 is 1. The van der Waals surface area contributed by atoms with Crippen LogP contribution in [0.4, 0.5) is 4.79 Å². The molecule has 8 heteroatoms. The second kappa shape index (κ2) is 9.73. The van der Waals surface area contributed by atoms with E-state index in [4.69, 9.17) is 25.8 Å². The van der Waals surface area contributed by atoms with E-state index in [2.05, 4.69) is 10.3 Å². The molecule has 7 nitrogen and oxygen atoms in total. The van der Waals surface area contributed by atoms with Crippen molar-refractivity contribution in [1.82, 2.24) is 14.9 Å². The molecule has 2 aromatic heterocycles. The van der Waals surface area contributed by atoms with Gasteiger partial charge in [0.15, 0.2) is 0 Å². The molecule has 1 saturated heterocycles. The molecule has 0 spiro atoms. The van der Waals surface area contributed by atoms with Gasteiger partial charge in [-0.15, -0.1) is 0 Å². The largest absolute Gasteiger partial charge is 0.492 e. The van der Waals surface area contributed by atoms with Crippen molar-refractivity contribution < 1.29 is 19.0 Å². The van der Waals surface area contributed by atoms with Gasteiger partial charge in [-0.25, -0.2) is 14.3 Å². The van der Waals surface area contributed by atoms with Crippen LogP contribution in [0.25, 0.3) is 33.1 Å². The highest BCUT2D eigenvalue weighted by Gasteiger charge is 2.26. The number of nitrogens with one attached hydrogen (secondary N) is 1. The molecular weight excluding hydrogens is 478 g/mol. The number of carbonyl (C=O) groups is 1. The molecule has 1 fully saturated rings. The molecule has 188 valence electrons. The Morgan fingerprint density at radius 3 is 2.69 bits per heavy atom. The number of nitrogens with zero attached hydrogens (tertiary/aromatic N) is 2. The standard InChI is InChI=1S/C28H30ClN3O4/c1-28(2,3)36-27(33)32-24-10-9-20(35-16-19-14-21(34-4)15-30-19)11-18(24)13-25(32)22-12-17-7-5-6-8-23(17)31-26(22)29/h5-13,19,21,30H,14-16H2,1-4H3/t19-,21+/m0/s1. The molecule has 2 aromatic carbocycles. The lowest BCUT2D eigenvalue weighted by molar-refractivity contribution is 0.0547. The third kappa shape index (κ3) is 5.05. The highest BCUT2D eigenvalue weighted by Crippen LogP contribution is 2.36. The topological polar surface area (TPSA) is 74.6 Å². The van der Waals surface area contributed by atoms with Crippen LogP contribution in [-0.2, 0) is 9.47 Å². The number of rotatable bonds is 5. The zero-order chi connectivity index (χ0) is 25.4. The first kappa shape index (κ1) is 24.6. The molecule has 0 unspecified atom stereocenters. The molecule has 3 heterocycles. The van der Waals surface area contributed by atoms with E-state index < -0.39 is 11.7 Å². The Balaban J connectivity index is 1.54. The van der Waals surface area contributed by atoms with Gasteiger partial charge in [-0.3, -0.25) is 0 Å². The lowest BCUT2D eigenvalue weighted by Crippen LogP contribution is -2.28. The molecule has 1 aliphatic rings. The number of para-hydroxylation sites is 1. The van der Waals surface area contributed by atoms with Crippen LogP contribution in [-0.4, -0.2) is 53.7 Å². The monoisotopic (exact) mass is 507 g/mol. The van der Waals surface area contributed by atoms with Crippen molar-refractivity contribution in [3.8, 4) is 17.0 Å². The Morgan fingerprint density at radius 1 is 1.14 bits per heavy atom. The van der Waals surface area contributed by atoms with Gasteiger partial charge in [-0.2, -0.15) is 0 Å². The van der Waals surface area contributed by atoms with Crippen molar-refractivity contribution in [2.45, 2.75) is 44.9 Å². The Kier molecular flexibility index (Phi) is 6.64. The van der Waals surface area contributed by atoms with Crippen LogP contribution in [0.1, 0.15) is 27.2 Å². The number of halogens is 1. The third-order valence-electron chi connectivity index (χ3n) is 6.27. The molecule has 1 aliphatic heterocycles. The van der Waals surface area contributed by atoms with Gasteiger partial charge in [0, 0.05) is 36.0 Å². The Morgan fingerprint density at radius 2 is 1.94 bits per heavy atom. The van der Waals surface area contributed by atoms with Crippen molar-refractivity contribution in [2.24, 2.45) is 0 Å². The predicted molar refractivity (Wildman–Crippen MR) is 142 cm³/mol. The molecular formula is C28H30ClN3O4. The summed E-state index contributed by atoms with van der Waals surface area (Å²) in [5.74, 6) is 0.723. The first-order valence-corrected chi connectivity index (χ1v) is 12.4. The predicted octanol–water partition coefficient (Wildman–Crippen LogP) is 6.05. The number of carbonyl (C=O) groups excluding carboxylic acids is 1. The fourth-order valence-corrected chi connectivity index (χ4v) is 4.79. The van der Waals surface area contributed by atoms with Crippen LogP contribution in [0.15, 0.2) is 54.6 Å². The van der Waals surface area contributed by atoms with Crippen LogP contribution >= 0.6 is 11.6 Å². The summed E-state index contributed by atoms with van der Waals surface area (Å²) in [4.78, 5) is 17.9. The van der Waals surface area contributed by atoms with E-state index in [-0.39, 0.29) is 12.1 Å². The summed E-state index contributed by atoms with van der Waals surface area (Å²) in [6.07, 6.45) is 0.642. The molecule has 0 amide bonds. The second-order valence-electron chi connectivity index (χ2n) is 10.1.